The van der Waals surface area contributed by atoms with Gasteiger partial charge in [0.1, 0.15) is 12.0 Å². The van der Waals surface area contributed by atoms with Gasteiger partial charge in [0.2, 0.25) is 5.76 Å². The van der Waals surface area contributed by atoms with Crippen molar-refractivity contribution < 1.29 is 19.0 Å². The van der Waals surface area contributed by atoms with E-state index in [1.807, 2.05) is 6.07 Å². The molecule has 8 heteroatoms. The molecular weight excluding hydrogens is 376 g/mol. The lowest BCUT2D eigenvalue weighted by Gasteiger charge is -2.11. The second kappa shape index (κ2) is 7.33. The Balaban J connectivity index is 2.34. The highest BCUT2D eigenvalue weighted by Gasteiger charge is 2.15. The number of methoxy groups -OCH3 is 2. The van der Waals surface area contributed by atoms with Crippen molar-refractivity contribution in [3.05, 3.63) is 52.1 Å². The monoisotopic (exact) mass is 386 g/mol. The predicted octanol–water partition coefficient (Wildman–Crippen LogP) is 3.33. The van der Waals surface area contributed by atoms with Crippen molar-refractivity contribution >= 4 is 33.5 Å². The molecular formula is C14H12BrClN2O4. The lowest BCUT2D eigenvalue weighted by Crippen LogP contribution is -2.11. The SMILES string of the molecule is CO/C=C(\Oc1cc(-n2ccc(Cl)n2)ccc1Br)C(=O)OC. The third-order valence-corrected chi connectivity index (χ3v) is 3.42. The quantitative estimate of drug-likeness (QED) is 0.447. The Morgan fingerprint density at radius 2 is 2.14 bits per heavy atom. The number of hydrogen-bond acceptors (Lipinski definition) is 5. The normalized spacial score (nSPS) is 11.2. The van der Waals surface area contributed by atoms with Crippen LogP contribution in [-0.4, -0.2) is 30.0 Å². The van der Waals surface area contributed by atoms with Gasteiger partial charge in [0, 0.05) is 12.3 Å². The van der Waals surface area contributed by atoms with Gasteiger partial charge in [-0.15, -0.1) is 0 Å². The van der Waals surface area contributed by atoms with Crippen LogP contribution in [-0.2, 0) is 14.3 Å². The molecule has 0 amide bonds. The fourth-order valence-corrected chi connectivity index (χ4v) is 2.06. The summed E-state index contributed by atoms with van der Waals surface area (Å²) in [4.78, 5) is 11.6. The van der Waals surface area contributed by atoms with Gasteiger partial charge in [-0.1, -0.05) is 11.6 Å². The molecule has 0 bridgehead atoms. The molecule has 0 unspecified atom stereocenters. The van der Waals surface area contributed by atoms with Gasteiger partial charge in [-0.05, 0) is 34.1 Å². The van der Waals surface area contributed by atoms with Crippen LogP contribution in [0.4, 0.5) is 0 Å². The number of hydrogen-bond donors (Lipinski definition) is 0. The van der Waals surface area contributed by atoms with Crippen molar-refractivity contribution in [2.75, 3.05) is 14.2 Å². The highest BCUT2D eigenvalue weighted by Crippen LogP contribution is 2.29. The van der Waals surface area contributed by atoms with Crippen LogP contribution in [0.5, 0.6) is 5.75 Å². The molecule has 2 aromatic rings. The molecule has 1 aromatic carbocycles. The van der Waals surface area contributed by atoms with Gasteiger partial charge in [-0.2, -0.15) is 5.10 Å². The molecule has 22 heavy (non-hydrogen) atoms. The second-order valence-corrected chi connectivity index (χ2v) is 5.25. The molecule has 6 nitrogen and oxygen atoms in total. The summed E-state index contributed by atoms with van der Waals surface area (Å²) >= 11 is 9.17. The standard InChI is InChI=1S/C14H12BrClN2O4/c1-20-8-12(14(19)21-2)22-11-7-9(3-4-10(11)15)18-6-5-13(16)17-18/h3-8H,1-2H3/b12-8-. The Morgan fingerprint density at radius 3 is 2.73 bits per heavy atom. The molecule has 0 saturated carbocycles. The maximum Gasteiger partial charge on any atom is 0.377 e. The number of ether oxygens (including phenoxy) is 3. The zero-order chi connectivity index (χ0) is 16.1. The summed E-state index contributed by atoms with van der Waals surface area (Å²) in [5.74, 6) is -0.333. The number of carbonyl (C=O) groups is 1. The highest BCUT2D eigenvalue weighted by molar-refractivity contribution is 9.10. The summed E-state index contributed by atoms with van der Waals surface area (Å²) < 4.78 is 17.2. The minimum atomic E-state index is -0.652. The lowest BCUT2D eigenvalue weighted by molar-refractivity contribution is -0.138. The first-order valence-corrected chi connectivity index (χ1v) is 7.22. The minimum absolute atomic E-state index is 0.0821. The van der Waals surface area contributed by atoms with Crippen LogP contribution in [0.25, 0.3) is 5.69 Å². The Kier molecular flexibility index (Phi) is 5.46. The maximum atomic E-state index is 11.6. The van der Waals surface area contributed by atoms with Gasteiger partial charge in [-0.25, -0.2) is 9.48 Å². The Hall–Kier alpha value is -1.99. The molecule has 0 aliphatic carbocycles. The third-order valence-electron chi connectivity index (χ3n) is 2.57. The number of rotatable bonds is 5. The second-order valence-electron chi connectivity index (χ2n) is 4.01. The zero-order valence-corrected chi connectivity index (χ0v) is 14.1. The molecule has 0 N–H and O–H groups in total. The Bertz CT molecular complexity index is 715. The molecule has 0 aliphatic heterocycles. The maximum absolute atomic E-state index is 11.6. The first-order valence-electron chi connectivity index (χ1n) is 6.05. The van der Waals surface area contributed by atoms with Crippen molar-refractivity contribution in [1.82, 2.24) is 9.78 Å². The fourth-order valence-electron chi connectivity index (χ4n) is 1.60. The van der Waals surface area contributed by atoms with Crippen molar-refractivity contribution in [3.63, 3.8) is 0 Å². The Labute approximate surface area is 140 Å². The summed E-state index contributed by atoms with van der Waals surface area (Å²) in [5, 5.41) is 4.47. The van der Waals surface area contributed by atoms with Crippen molar-refractivity contribution in [2.45, 2.75) is 0 Å². The Morgan fingerprint density at radius 1 is 1.36 bits per heavy atom. The summed E-state index contributed by atoms with van der Waals surface area (Å²) in [5.41, 5.74) is 0.715. The number of carbonyl (C=O) groups excluding carboxylic acids is 1. The van der Waals surface area contributed by atoms with E-state index in [0.717, 1.165) is 6.26 Å². The number of esters is 1. The molecule has 1 heterocycles. The third kappa shape index (κ3) is 3.80. The smallest absolute Gasteiger partial charge is 0.377 e. The van der Waals surface area contributed by atoms with E-state index in [-0.39, 0.29) is 5.76 Å². The van der Waals surface area contributed by atoms with E-state index < -0.39 is 5.97 Å². The summed E-state index contributed by atoms with van der Waals surface area (Å²) in [6.45, 7) is 0. The molecule has 0 spiro atoms. The van der Waals surface area contributed by atoms with Crippen LogP contribution in [0.2, 0.25) is 5.15 Å². The summed E-state index contributed by atoms with van der Waals surface area (Å²) in [7, 11) is 2.66. The van der Waals surface area contributed by atoms with Crippen LogP contribution in [0.3, 0.4) is 0 Å². The largest absolute Gasteiger partial charge is 0.500 e. The van der Waals surface area contributed by atoms with Crippen LogP contribution in [0.15, 0.2) is 47.0 Å². The average molecular weight is 388 g/mol. The first kappa shape index (κ1) is 16.4. The van der Waals surface area contributed by atoms with Crippen LogP contribution < -0.4 is 4.74 Å². The van der Waals surface area contributed by atoms with Gasteiger partial charge in [0.05, 0.1) is 24.4 Å². The van der Waals surface area contributed by atoms with Crippen molar-refractivity contribution in [2.24, 2.45) is 0 Å². The van der Waals surface area contributed by atoms with E-state index in [4.69, 9.17) is 21.1 Å². The zero-order valence-electron chi connectivity index (χ0n) is 11.7. The molecule has 0 atom stereocenters. The number of benzene rings is 1. The molecule has 0 aliphatic rings. The lowest BCUT2D eigenvalue weighted by atomic mass is 10.3. The summed E-state index contributed by atoms with van der Waals surface area (Å²) in [6.07, 6.45) is 2.87. The molecule has 116 valence electrons. The first-order chi connectivity index (χ1) is 10.5. The highest BCUT2D eigenvalue weighted by atomic mass is 79.9. The van der Waals surface area contributed by atoms with Gasteiger partial charge in [0.25, 0.3) is 0 Å². The number of nitrogens with zero attached hydrogens (tertiary/aromatic N) is 2. The van der Waals surface area contributed by atoms with Gasteiger partial charge >= 0.3 is 5.97 Å². The molecule has 0 radical (unpaired) electrons. The molecule has 2 rings (SSSR count). The van der Waals surface area contributed by atoms with Gasteiger partial charge in [0.15, 0.2) is 5.15 Å². The van der Waals surface area contributed by atoms with E-state index in [1.165, 1.54) is 14.2 Å². The van der Waals surface area contributed by atoms with Crippen LogP contribution >= 0.6 is 27.5 Å². The minimum Gasteiger partial charge on any atom is -0.500 e. The van der Waals surface area contributed by atoms with Gasteiger partial charge in [-0.3, -0.25) is 0 Å². The fraction of sp³-hybridized carbons (Fsp3) is 0.143. The van der Waals surface area contributed by atoms with E-state index >= 15 is 0 Å². The van der Waals surface area contributed by atoms with E-state index in [9.17, 15) is 4.79 Å². The molecule has 1 aromatic heterocycles. The van der Waals surface area contributed by atoms with E-state index in [1.54, 1.807) is 29.1 Å². The average Bonchev–Trinajstić information content (AvgIpc) is 2.94. The number of aromatic nitrogens is 2. The van der Waals surface area contributed by atoms with Crippen LogP contribution in [0.1, 0.15) is 0 Å². The van der Waals surface area contributed by atoms with E-state index in [0.29, 0.717) is 21.1 Å². The molecule has 0 saturated heterocycles. The molecule has 0 fully saturated rings. The number of halogens is 2. The summed E-state index contributed by atoms with van der Waals surface area (Å²) in [6, 6.07) is 6.94. The van der Waals surface area contributed by atoms with Gasteiger partial charge < -0.3 is 14.2 Å². The van der Waals surface area contributed by atoms with Crippen LogP contribution in [0, 0.1) is 0 Å². The van der Waals surface area contributed by atoms with Crippen molar-refractivity contribution in [1.29, 1.82) is 0 Å². The topological polar surface area (TPSA) is 62.6 Å². The van der Waals surface area contributed by atoms with E-state index in [2.05, 4.69) is 25.8 Å². The predicted molar refractivity (Wildman–Crippen MR) is 84.0 cm³/mol. The van der Waals surface area contributed by atoms with Crippen molar-refractivity contribution in [3.8, 4) is 11.4 Å².